The standard InChI is InChI=1S/C15H21Br2FO2/c1-19-8-2-9-20-10-7-15(11-16,12-17)13-3-5-14(18)6-4-13/h3-6H,2,7-12H2,1H3. The van der Waals surface area contributed by atoms with Crippen molar-refractivity contribution < 1.29 is 13.9 Å². The molecule has 0 unspecified atom stereocenters. The molecule has 0 atom stereocenters. The van der Waals surface area contributed by atoms with Crippen LogP contribution in [0.15, 0.2) is 24.3 Å². The molecule has 0 fully saturated rings. The number of rotatable bonds is 10. The van der Waals surface area contributed by atoms with Gasteiger partial charge in [0.15, 0.2) is 0 Å². The first kappa shape index (κ1) is 18.1. The van der Waals surface area contributed by atoms with Crippen LogP contribution in [0.3, 0.4) is 0 Å². The van der Waals surface area contributed by atoms with Gasteiger partial charge >= 0.3 is 0 Å². The minimum Gasteiger partial charge on any atom is -0.385 e. The maximum atomic E-state index is 13.0. The Balaban J connectivity index is 2.56. The van der Waals surface area contributed by atoms with Gasteiger partial charge in [0, 0.05) is 43.0 Å². The first-order chi connectivity index (χ1) is 9.68. The van der Waals surface area contributed by atoms with Crippen LogP contribution in [0, 0.1) is 5.82 Å². The van der Waals surface area contributed by atoms with Gasteiger partial charge in [0.05, 0.1) is 0 Å². The van der Waals surface area contributed by atoms with Crippen molar-refractivity contribution in [3.05, 3.63) is 35.6 Å². The van der Waals surface area contributed by atoms with Gasteiger partial charge in [-0.15, -0.1) is 0 Å². The molecule has 0 bridgehead atoms. The molecule has 1 rings (SSSR count). The van der Waals surface area contributed by atoms with Crippen LogP contribution in [0.5, 0.6) is 0 Å². The summed E-state index contributed by atoms with van der Waals surface area (Å²) in [5.74, 6) is -0.206. The predicted molar refractivity (Wildman–Crippen MR) is 87.6 cm³/mol. The van der Waals surface area contributed by atoms with E-state index in [-0.39, 0.29) is 11.2 Å². The lowest BCUT2D eigenvalue weighted by Gasteiger charge is -2.30. The van der Waals surface area contributed by atoms with Crippen molar-refractivity contribution in [1.82, 2.24) is 0 Å². The molecule has 0 radical (unpaired) electrons. The molecular formula is C15H21Br2FO2. The summed E-state index contributed by atoms with van der Waals surface area (Å²) in [6.07, 6.45) is 1.78. The van der Waals surface area contributed by atoms with E-state index < -0.39 is 0 Å². The lowest BCUT2D eigenvalue weighted by atomic mass is 9.82. The number of benzene rings is 1. The Labute approximate surface area is 137 Å². The molecule has 0 aliphatic heterocycles. The fraction of sp³-hybridized carbons (Fsp3) is 0.600. The fourth-order valence-electron chi connectivity index (χ4n) is 1.95. The minimum atomic E-state index is -0.206. The zero-order chi connectivity index (χ0) is 14.8. The molecule has 0 amide bonds. The summed E-state index contributed by atoms with van der Waals surface area (Å²) < 4.78 is 23.7. The Hall–Kier alpha value is 0.0300. The largest absolute Gasteiger partial charge is 0.385 e. The molecule has 0 aromatic heterocycles. The molecule has 0 saturated carbocycles. The summed E-state index contributed by atoms with van der Waals surface area (Å²) in [4.78, 5) is 0. The van der Waals surface area contributed by atoms with Crippen LogP contribution in [0.1, 0.15) is 18.4 Å². The Bertz CT molecular complexity index is 367. The van der Waals surface area contributed by atoms with E-state index in [1.165, 1.54) is 12.1 Å². The van der Waals surface area contributed by atoms with E-state index in [1.54, 1.807) is 7.11 Å². The molecule has 0 N–H and O–H groups in total. The highest BCUT2D eigenvalue weighted by Gasteiger charge is 2.29. The highest BCUT2D eigenvalue weighted by atomic mass is 79.9. The lowest BCUT2D eigenvalue weighted by molar-refractivity contribution is 0.0935. The Morgan fingerprint density at radius 2 is 1.70 bits per heavy atom. The molecule has 20 heavy (non-hydrogen) atoms. The number of ether oxygens (including phenoxy) is 2. The van der Waals surface area contributed by atoms with Gasteiger partial charge < -0.3 is 9.47 Å². The second-order valence-electron chi connectivity index (χ2n) is 4.76. The fourth-order valence-corrected chi connectivity index (χ4v) is 4.08. The van der Waals surface area contributed by atoms with Gasteiger partial charge in [0.25, 0.3) is 0 Å². The maximum Gasteiger partial charge on any atom is 0.123 e. The highest BCUT2D eigenvalue weighted by Crippen LogP contribution is 2.32. The second-order valence-corrected chi connectivity index (χ2v) is 5.88. The van der Waals surface area contributed by atoms with Crippen molar-refractivity contribution >= 4 is 31.9 Å². The normalized spacial score (nSPS) is 11.8. The number of hydrogen-bond acceptors (Lipinski definition) is 2. The average molecular weight is 412 g/mol. The molecule has 2 nitrogen and oxygen atoms in total. The molecule has 114 valence electrons. The lowest BCUT2D eigenvalue weighted by Crippen LogP contribution is -2.32. The van der Waals surface area contributed by atoms with Crippen molar-refractivity contribution in [3.8, 4) is 0 Å². The summed E-state index contributed by atoms with van der Waals surface area (Å²) in [6.45, 7) is 2.11. The van der Waals surface area contributed by atoms with Crippen molar-refractivity contribution in [2.24, 2.45) is 0 Å². The quantitative estimate of drug-likeness (QED) is 0.422. The topological polar surface area (TPSA) is 18.5 Å². The molecule has 0 spiro atoms. The van der Waals surface area contributed by atoms with E-state index in [2.05, 4.69) is 31.9 Å². The zero-order valence-corrected chi connectivity index (χ0v) is 14.9. The van der Waals surface area contributed by atoms with Crippen LogP contribution in [-0.4, -0.2) is 37.6 Å². The summed E-state index contributed by atoms with van der Waals surface area (Å²) in [7, 11) is 1.69. The third kappa shape index (κ3) is 5.43. The Kier molecular flexibility index (Phi) is 8.93. The van der Waals surface area contributed by atoms with E-state index in [4.69, 9.17) is 9.47 Å². The first-order valence-electron chi connectivity index (χ1n) is 6.63. The first-order valence-corrected chi connectivity index (χ1v) is 8.87. The van der Waals surface area contributed by atoms with Crippen molar-refractivity contribution in [3.63, 3.8) is 0 Å². The van der Waals surface area contributed by atoms with Gasteiger partial charge in [-0.3, -0.25) is 0 Å². The number of methoxy groups -OCH3 is 1. The van der Waals surface area contributed by atoms with Crippen molar-refractivity contribution in [1.29, 1.82) is 0 Å². The molecular weight excluding hydrogens is 391 g/mol. The van der Waals surface area contributed by atoms with Gasteiger partial charge in [-0.25, -0.2) is 4.39 Å². The second kappa shape index (κ2) is 9.87. The number of halogens is 3. The monoisotopic (exact) mass is 410 g/mol. The van der Waals surface area contributed by atoms with Crippen LogP contribution < -0.4 is 0 Å². The summed E-state index contributed by atoms with van der Waals surface area (Å²) in [5, 5.41) is 1.61. The van der Waals surface area contributed by atoms with E-state index in [0.717, 1.165) is 35.7 Å². The predicted octanol–water partition coefficient (Wildman–Crippen LogP) is 4.30. The minimum absolute atomic E-state index is 0.0744. The number of hydrogen-bond donors (Lipinski definition) is 0. The van der Waals surface area contributed by atoms with E-state index in [9.17, 15) is 4.39 Å². The van der Waals surface area contributed by atoms with Crippen LogP contribution >= 0.6 is 31.9 Å². The zero-order valence-electron chi connectivity index (χ0n) is 11.7. The van der Waals surface area contributed by atoms with Gasteiger partial charge in [0.1, 0.15) is 5.82 Å². The van der Waals surface area contributed by atoms with E-state index in [0.29, 0.717) is 13.2 Å². The smallest absolute Gasteiger partial charge is 0.123 e. The van der Waals surface area contributed by atoms with Crippen molar-refractivity contribution in [2.45, 2.75) is 18.3 Å². The molecule has 0 heterocycles. The van der Waals surface area contributed by atoms with E-state index >= 15 is 0 Å². The van der Waals surface area contributed by atoms with Gasteiger partial charge in [-0.1, -0.05) is 44.0 Å². The van der Waals surface area contributed by atoms with Gasteiger partial charge in [0.2, 0.25) is 0 Å². The molecule has 1 aromatic rings. The average Bonchev–Trinajstić information content (AvgIpc) is 2.48. The summed E-state index contributed by atoms with van der Waals surface area (Å²) in [6, 6.07) is 6.72. The number of alkyl halides is 2. The molecule has 5 heteroatoms. The third-order valence-corrected chi connectivity index (χ3v) is 5.48. The SMILES string of the molecule is COCCCOCCC(CBr)(CBr)c1ccc(F)cc1. The Morgan fingerprint density at radius 3 is 2.25 bits per heavy atom. The van der Waals surface area contributed by atoms with Crippen LogP contribution in [-0.2, 0) is 14.9 Å². The van der Waals surface area contributed by atoms with Gasteiger partial charge in [-0.05, 0) is 30.5 Å². The molecule has 1 aromatic carbocycles. The third-order valence-electron chi connectivity index (χ3n) is 3.33. The van der Waals surface area contributed by atoms with Crippen LogP contribution in [0.4, 0.5) is 4.39 Å². The maximum absolute atomic E-state index is 13.0. The van der Waals surface area contributed by atoms with Gasteiger partial charge in [-0.2, -0.15) is 0 Å². The molecule has 0 aliphatic rings. The summed E-state index contributed by atoms with van der Waals surface area (Å²) >= 11 is 7.17. The Morgan fingerprint density at radius 1 is 1.05 bits per heavy atom. The molecule has 0 aliphatic carbocycles. The molecule has 0 saturated heterocycles. The van der Waals surface area contributed by atoms with E-state index in [1.807, 2.05) is 12.1 Å². The summed E-state index contributed by atoms with van der Waals surface area (Å²) in [5.41, 5.74) is 1.04. The van der Waals surface area contributed by atoms with Crippen LogP contribution in [0.2, 0.25) is 0 Å². The highest BCUT2D eigenvalue weighted by molar-refractivity contribution is 9.09. The van der Waals surface area contributed by atoms with Crippen molar-refractivity contribution in [2.75, 3.05) is 37.6 Å². The van der Waals surface area contributed by atoms with Crippen LogP contribution in [0.25, 0.3) is 0 Å².